The molecule has 1 aromatic heterocycles. The van der Waals surface area contributed by atoms with Gasteiger partial charge in [-0.2, -0.15) is 0 Å². The number of fused-ring (bicyclic) bond motifs is 2. The molecule has 0 radical (unpaired) electrons. The van der Waals surface area contributed by atoms with Gasteiger partial charge in [-0.15, -0.1) is 0 Å². The van der Waals surface area contributed by atoms with E-state index in [9.17, 15) is 18.0 Å². The third kappa shape index (κ3) is 6.42. The first-order chi connectivity index (χ1) is 20.1. The smallest absolute Gasteiger partial charge is 0.268 e. The fourth-order valence-electron chi connectivity index (χ4n) is 4.91. The van der Waals surface area contributed by atoms with E-state index in [1.165, 1.54) is 12.1 Å². The van der Waals surface area contributed by atoms with Crippen LogP contribution in [0.4, 0.5) is 0 Å². The highest BCUT2D eigenvalue weighted by Gasteiger charge is 2.21. The van der Waals surface area contributed by atoms with Crippen LogP contribution in [-0.4, -0.2) is 38.4 Å². The Morgan fingerprint density at radius 1 is 0.905 bits per heavy atom. The van der Waals surface area contributed by atoms with Crippen molar-refractivity contribution in [3.05, 3.63) is 106 Å². The van der Waals surface area contributed by atoms with E-state index in [1.54, 1.807) is 18.2 Å². The Hall–Kier alpha value is -4.34. The van der Waals surface area contributed by atoms with E-state index in [4.69, 9.17) is 16.3 Å². The molecule has 10 heteroatoms. The van der Waals surface area contributed by atoms with E-state index in [0.29, 0.717) is 25.1 Å². The molecule has 0 atom stereocenters. The van der Waals surface area contributed by atoms with Crippen LogP contribution in [0.2, 0.25) is 5.02 Å². The number of aromatic amines is 1. The number of para-hydroxylation sites is 1. The van der Waals surface area contributed by atoms with Gasteiger partial charge in [-0.25, -0.2) is 13.1 Å². The molecule has 2 amide bonds. The molecule has 0 aliphatic rings. The Kier molecular flexibility index (Phi) is 8.51. The fourth-order valence-corrected chi connectivity index (χ4v) is 6.04. The maximum absolute atomic E-state index is 13.2. The fraction of sp³-hybridized carbons (Fsp3) is 0.188. The van der Waals surface area contributed by atoms with Crippen molar-refractivity contribution in [1.29, 1.82) is 0 Å². The van der Waals surface area contributed by atoms with Crippen LogP contribution < -0.4 is 14.8 Å². The monoisotopic (exact) mass is 603 g/mol. The number of aromatic nitrogens is 1. The van der Waals surface area contributed by atoms with Gasteiger partial charge in [0.1, 0.15) is 11.4 Å². The molecule has 0 unspecified atom stereocenters. The summed E-state index contributed by atoms with van der Waals surface area (Å²) >= 11 is 6.25. The van der Waals surface area contributed by atoms with E-state index in [1.807, 2.05) is 67.1 Å². The maximum atomic E-state index is 13.2. The molecule has 0 aliphatic heterocycles. The lowest BCUT2D eigenvalue weighted by atomic mass is 10.1. The number of carbonyl (C=O) groups excluding carboxylic acids is 2. The van der Waals surface area contributed by atoms with Crippen LogP contribution in [0.5, 0.6) is 5.75 Å². The molecule has 0 saturated heterocycles. The predicted octanol–water partition coefficient (Wildman–Crippen LogP) is 5.84. The summed E-state index contributed by atoms with van der Waals surface area (Å²) in [4.78, 5) is 28.8. The van der Waals surface area contributed by atoms with E-state index in [-0.39, 0.29) is 4.90 Å². The van der Waals surface area contributed by atoms with E-state index < -0.39 is 28.4 Å². The van der Waals surface area contributed by atoms with E-state index in [0.717, 1.165) is 49.1 Å². The molecular weight excluding hydrogens is 574 g/mol. The van der Waals surface area contributed by atoms with Gasteiger partial charge in [-0.05, 0) is 84.5 Å². The Morgan fingerprint density at radius 3 is 2.36 bits per heavy atom. The van der Waals surface area contributed by atoms with Crippen molar-refractivity contribution in [3.8, 4) is 5.75 Å². The molecule has 0 aliphatic carbocycles. The molecule has 5 aromatic rings. The molecule has 0 spiro atoms. The minimum Gasteiger partial charge on any atom is -0.494 e. The molecule has 1 heterocycles. The Labute approximate surface area is 249 Å². The van der Waals surface area contributed by atoms with Crippen LogP contribution in [0, 0.1) is 13.8 Å². The lowest BCUT2D eigenvalue weighted by Gasteiger charge is -2.11. The van der Waals surface area contributed by atoms with Crippen LogP contribution in [0.25, 0.3) is 21.7 Å². The number of halogens is 1. The van der Waals surface area contributed by atoms with E-state index in [2.05, 4.69) is 10.3 Å². The third-order valence-electron chi connectivity index (χ3n) is 6.98. The normalized spacial score (nSPS) is 11.5. The van der Waals surface area contributed by atoms with Gasteiger partial charge in [0.15, 0.2) is 0 Å². The summed E-state index contributed by atoms with van der Waals surface area (Å²) in [6.07, 6.45) is 1.17. The summed E-state index contributed by atoms with van der Waals surface area (Å²) < 4.78 is 33.6. The van der Waals surface area contributed by atoms with Crippen molar-refractivity contribution in [2.45, 2.75) is 31.6 Å². The largest absolute Gasteiger partial charge is 0.494 e. The van der Waals surface area contributed by atoms with E-state index >= 15 is 0 Å². The quantitative estimate of drug-likeness (QED) is 0.173. The Balaban J connectivity index is 1.23. The lowest BCUT2D eigenvalue weighted by Crippen LogP contribution is -2.40. The highest BCUT2D eigenvalue weighted by molar-refractivity contribution is 7.90. The van der Waals surface area contributed by atoms with Crippen LogP contribution in [0.15, 0.2) is 83.8 Å². The number of amides is 2. The van der Waals surface area contributed by atoms with Crippen LogP contribution in [0.3, 0.4) is 0 Å². The third-order valence-corrected chi connectivity index (χ3v) is 8.95. The van der Waals surface area contributed by atoms with Crippen LogP contribution >= 0.6 is 11.6 Å². The molecule has 8 nitrogen and oxygen atoms in total. The SMILES string of the molecule is Cc1cc(OCCCc2c(C(=O)NCC(=O)NS(=O)(=O)c3ccc4ccccc4c3)[nH]c3ccccc23)cc(C)c1Cl. The first kappa shape index (κ1) is 29.2. The zero-order chi connectivity index (χ0) is 29.9. The number of hydrogen-bond acceptors (Lipinski definition) is 5. The second-order valence-corrected chi connectivity index (χ2v) is 12.1. The van der Waals surface area contributed by atoms with Gasteiger partial charge in [-0.1, -0.05) is 60.1 Å². The Morgan fingerprint density at radius 2 is 1.60 bits per heavy atom. The summed E-state index contributed by atoms with van der Waals surface area (Å²) in [5.41, 5.74) is 3.78. The Bertz CT molecular complexity index is 1890. The van der Waals surface area contributed by atoms with Crippen molar-refractivity contribution in [3.63, 3.8) is 0 Å². The van der Waals surface area contributed by atoms with Gasteiger partial charge >= 0.3 is 0 Å². The summed E-state index contributed by atoms with van der Waals surface area (Å²) in [5, 5.41) is 5.77. The predicted molar refractivity (Wildman–Crippen MR) is 165 cm³/mol. The highest BCUT2D eigenvalue weighted by Crippen LogP contribution is 2.27. The van der Waals surface area contributed by atoms with Crippen LogP contribution in [0.1, 0.15) is 33.6 Å². The number of aryl methyl sites for hydroxylation is 3. The van der Waals surface area contributed by atoms with Crippen molar-refractivity contribution in [2.24, 2.45) is 0 Å². The zero-order valence-electron chi connectivity index (χ0n) is 23.2. The van der Waals surface area contributed by atoms with Gasteiger partial charge in [0, 0.05) is 15.9 Å². The number of H-pyrrole nitrogens is 1. The average molecular weight is 604 g/mol. The van der Waals surface area contributed by atoms with Crippen LogP contribution in [-0.2, 0) is 21.2 Å². The molecule has 216 valence electrons. The molecule has 0 fully saturated rings. The number of hydrogen-bond donors (Lipinski definition) is 3. The van der Waals surface area contributed by atoms with Crippen molar-refractivity contribution in [1.82, 2.24) is 15.0 Å². The average Bonchev–Trinajstić information content (AvgIpc) is 3.35. The van der Waals surface area contributed by atoms with Gasteiger partial charge in [0.2, 0.25) is 0 Å². The zero-order valence-corrected chi connectivity index (χ0v) is 24.7. The maximum Gasteiger partial charge on any atom is 0.268 e. The molecule has 0 bridgehead atoms. The second kappa shape index (κ2) is 12.3. The molecule has 0 saturated carbocycles. The van der Waals surface area contributed by atoms with Gasteiger partial charge < -0.3 is 15.0 Å². The molecule has 5 rings (SSSR count). The molecule has 4 aromatic carbocycles. The number of carbonyl (C=O) groups is 2. The summed E-state index contributed by atoms with van der Waals surface area (Å²) in [6, 6.07) is 23.3. The first-order valence-corrected chi connectivity index (χ1v) is 15.3. The molecule has 3 N–H and O–H groups in total. The van der Waals surface area contributed by atoms with Gasteiger partial charge in [-0.3, -0.25) is 9.59 Å². The summed E-state index contributed by atoms with van der Waals surface area (Å²) in [7, 11) is -4.12. The molecular formula is C32H30ClN3O5S. The summed E-state index contributed by atoms with van der Waals surface area (Å²) in [5.74, 6) is -0.628. The minimum atomic E-state index is -4.12. The number of nitrogens with one attached hydrogen (secondary N) is 3. The number of ether oxygens (including phenoxy) is 1. The van der Waals surface area contributed by atoms with Crippen molar-refractivity contribution < 1.29 is 22.7 Å². The standard InChI is InChI=1S/C32H30ClN3O5S/c1-20-16-24(17-21(2)30(20)33)41-15-7-11-27-26-10-5-6-12-28(26)35-31(27)32(38)34-19-29(37)36-42(39,40)25-14-13-22-8-3-4-9-23(22)18-25/h3-6,8-10,12-14,16-18,35H,7,11,15,19H2,1-2H3,(H,34,38)(H,36,37). The van der Waals surface area contributed by atoms with Gasteiger partial charge in [0.05, 0.1) is 18.0 Å². The minimum absolute atomic E-state index is 0.0371. The lowest BCUT2D eigenvalue weighted by molar-refractivity contribution is -0.118. The highest BCUT2D eigenvalue weighted by atomic mass is 35.5. The first-order valence-electron chi connectivity index (χ1n) is 13.4. The van der Waals surface area contributed by atoms with Gasteiger partial charge in [0.25, 0.3) is 21.8 Å². The second-order valence-electron chi connectivity index (χ2n) is 10.1. The van der Waals surface area contributed by atoms with Crippen molar-refractivity contribution >= 4 is 55.1 Å². The summed E-state index contributed by atoms with van der Waals surface area (Å²) in [6.45, 7) is 3.77. The van der Waals surface area contributed by atoms with Crippen molar-refractivity contribution in [2.75, 3.05) is 13.2 Å². The molecule has 42 heavy (non-hydrogen) atoms. The number of sulfonamides is 1. The number of benzene rings is 4. The number of rotatable bonds is 10. The topological polar surface area (TPSA) is 117 Å².